The molecule has 0 spiro atoms. The molecule has 3 rings (SSSR count). The van der Waals surface area contributed by atoms with Crippen molar-refractivity contribution in [3.63, 3.8) is 0 Å². The number of benzene rings is 2. The number of hydrogen-bond acceptors (Lipinski definition) is 3. The third kappa shape index (κ3) is 3.73. The largest absolute Gasteiger partial charge is 0.489 e. The van der Waals surface area contributed by atoms with E-state index in [0.29, 0.717) is 12.5 Å². The summed E-state index contributed by atoms with van der Waals surface area (Å²) in [6.45, 7) is 2.78. The van der Waals surface area contributed by atoms with Crippen LogP contribution in [0, 0.1) is 0 Å². The average Bonchev–Trinajstić information content (AvgIpc) is 3.07. The van der Waals surface area contributed by atoms with Gasteiger partial charge in [0.1, 0.15) is 12.4 Å². The lowest BCUT2D eigenvalue weighted by molar-refractivity contribution is 0.306. The van der Waals surface area contributed by atoms with Gasteiger partial charge in [-0.3, -0.25) is 0 Å². The van der Waals surface area contributed by atoms with Crippen molar-refractivity contribution in [1.29, 1.82) is 0 Å². The topological polar surface area (TPSA) is 50.8 Å². The number of nitrogens with one attached hydrogen (secondary N) is 1. The van der Waals surface area contributed by atoms with Crippen molar-refractivity contribution >= 4 is 0 Å². The molecular formula is C18H19N3O. The molecular weight excluding hydrogens is 274 g/mol. The lowest BCUT2D eigenvalue weighted by atomic mass is 9.96. The lowest BCUT2D eigenvalue weighted by Gasteiger charge is -2.11. The Bertz CT molecular complexity index is 678. The molecule has 3 aromatic rings. The van der Waals surface area contributed by atoms with Crippen molar-refractivity contribution in [2.24, 2.45) is 0 Å². The van der Waals surface area contributed by atoms with Crippen LogP contribution in [-0.2, 0) is 13.0 Å². The van der Waals surface area contributed by atoms with Gasteiger partial charge in [0, 0.05) is 0 Å². The predicted octanol–water partition coefficient (Wildman–Crippen LogP) is 3.73. The van der Waals surface area contributed by atoms with Crippen LogP contribution in [0.3, 0.4) is 0 Å². The number of hydrogen-bond donors (Lipinski definition) is 1. The van der Waals surface area contributed by atoms with E-state index in [9.17, 15) is 0 Å². The number of H-pyrrole nitrogens is 1. The van der Waals surface area contributed by atoms with Gasteiger partial charge in [0.15, 0.2) is 0 Å². The zero-order chi connectivity index (χ0) is 15.2. The first-order chi connectivity index (χ1) is 10.8. The van der Waals surface area contributed by atoms with Gasteiger partial charge in [-0.1, -0.05) is 49.4 Å². The van der Waals surface area contributed by atoms with Gasteiger partial charge in [0.2, 0.25) is 0 Å². The predicted molar refractivity (Wildman–Crippen MR) is 85.7 cm³/mol. The Morgan fingerprint density at radius 2 is 1.82 bits per heavy atom. The fourth-order valence-corrected chi connectivity index (χ4v) is 2.39. The fourth-order valence-electron chi connectivity index (χ4n) is 2.39. The smallest absolute Gasteiger partial charge is 0.119 e. The Morgan fingerprint density at radius 1 is 1.05 bits per heavy atom. The molecule has 0 aliphatic carbocycles. The van der Waals surface area contributed by atoms with Crippen molar-refractivity contribution in [3.8, 4) is 5.75 Å². The van der Waals surface area contributed by atoms with Gasteiger partial charge in [-0.05, 0) is 35.6 Å². The van der Waals surface area contributed by atoms with Crippen molar-refractivity contribution in [2.45, 2.75) is 25.9 Å². The summed E-state index contributed by atoms with van der Waals surface area (Å²) in [6.07, 6.45) is 2.65. The quantitative estimate of drug-likeness (QED) is 0.753. The third-order valence-corrected chi connectivity index (χ3v) is 3.68. The normalized spacial score (nSPS) is 12.0. The molecule has 0 aliphatic heterocycles. The van der Waals surface area contributed by atoms with Crippen LogP contribution in [0.5, 0.6) is 5.75 Å². The molecule has 0 radical (unpaired) electrons. The summed E-state index contributed by atoms with van der Waals surface area (Å²) in [7, 11) is 0. The standard InChI is InChI=1S/C18H19N3O/c1-14(11-17-12-19-21-20-17)16-7-9-18(10-8-16)22-13-15-5-3-2-4-6-15/h2-10,12,14H,11,13H2,1H3,(H,19,20,21). The first-order valence-corrected chi connectivity index (χ1v) is 7.42. The van der Waals surface area contributed by atoms with E-state index in [-0.39, 0.29) is 0 Å². The fraction of sp³-hybridized carbons (Fsp3) is 0.222. The SMILES string of the molecule is CC(Cc1cn[nH]n1)c1ccc(OCc2ccccc2)cc1. The van der Waals surface area contributed by atoms with Gasteiger partial charge in [-0.25, -0.2) is 0 Å². The van der Waals surface area contributed by atoms with E-state index in [0.717, 1.165) is 17.9 Å². The van der Waals surface area contributed by atoms with Crippen LogP contribution in [0.25, 0.3) is 0 Å². The first-order valence-electron chi connectivity index (χ1n) is 7.42. The first kappa shape index (κ1) is 14.3. The van der Waals surface area contributed by atoms with Gasteiger partial charge < -0.3 is 4.74 Å². The Kier molecular flexibility index (Phi) is 4.49. The van der Waals surface area contributed by atoms with Crippen molar-refractivity contribution in [1.82, 2.24) is 15.4 Å². The van der Waals surface area contributed by atoms with E-state index in [4.69, 9.17) is 4.74 Å². The van der Waals surface area contributed by atoms with Crippen LogP contribution >= 0.6 is 0 Å². The molecule has 22 heavy (non-hydrogen) atoms. The van der Waals surface area contributed by atoms with Crippen LogP contribution in [0.2, 0.25) is 0 Å². The van der Waals surface area contributed by atoms with Crippen LogP contribution in [0.1, 0.15) is 29.7 Å². The van der Waals surface area contributed by atoms with Crippen LogP contribution in [0.4, 0.5) is 0 Å². The van der Waals surface area contributed by atoms with Gasteiger partial charge in [-0.2, -0.15) is 15.4 Å². The highest BCUT2D eigenvalue weighted by molar-refractivity contribution is 5.30. The number of nitrogens with zero attached hydrogens (tertiary/aromatic N) is 2. The van der Waals surface area contributed by atoms with E-state index in [2.05, 4.69) is 46.6 Å². The molecule has 1 heterocycles. The second kappa shape index (κ2) is 6.89. The second-order valence-electron chi connectivity index (χ2n) is 5.41. The van der Waals surface area contributed by atoms with Gasteiger partial charge in [-0.15, -0.1) is 0 Å². The summed E-state index contributed by atoms with van der Waals surface area (Å²) < 4.78 is 5.81. The van der Waals surface area contributed by atoms with E-state index in [1.54, 1.807) is 6.20 Å². The number of ether oxygens (including phenoxy) is 1. The number of aromatic nitrogens is 3. The molecule has 1 N–H and O–H groups in total. The average molecular weight is 293 g/mol. The minimum atomic E-state index is 0.397. The molecule has 1 atom stereocenters. The molecule has 0 fully saturated rings. The molecule has 0 saturated heterocycles. The summed E-state index contributed by atoms with van der Waals surface area (Å²) in [5.41, 5.74) is 3.43. The highest BCUT2D eigenvalue weighted by Crippen LogP contribution is 2.22. The minimum absolute atomic E-state index is 0.397. The molecule has 0 saturated carbocycles. The number of aromatic amines is 1. The van der Waals surface area contributed by atoms with Gasteiger partial charge in [0.25, 0.3) is 0 Å². The molecule has 0 aliphatic rings. The monoisotopic (exact) mass is 293 g/mol. The van der Waals surface area contributed by atoms with E-state index < -0.39 is 0 Å². The molecule has 0 amide bonds. The molecule has 4 nitrogen and oxygen atoms in total. The lowest BCUT2D eigenvalue weighted by Crippen LogP contribution is -2.00. The van der Waals surface area contributed by atoms with E-state index >= 15 is 0 Å². The van der Waals surface area contributed by atoms with E-state index in [1.807, 2.05) is 30.3 Å². The molecule has 0 bridgehead atoms. The van der Waals surface area contributed by atoms with Crippen molar-refractivity contribution < 1.29 is 4.74 Å². The molecule has 4 heteroatoms. The molecule has 1 aromatic heterocycles. The highest BCUT2D eigenvalue weighted by atomic mass is 16.5. The Morgan fingerprint density at radius 3 is 2.50 bits per heavy atom. The Labute approximate surface area is 130 Å². The summed E-state index contributed by atoms with van der Waals surface area (Å²) in [6, 6.07) is 18.5. The minimum Gasteiger partial charge on any atom is -0.489 e. The van der Waals surface area contributed by atoms with Crippen molar-refractivity contribution in [3.05, 3.63) is 77.6 Å². The van der Waals surface area contributed by atoms with Gasteiger partial charge in [0.05, 0.1) is 11.9 Å². The Balaban J connectivity index is 1.58. The van der Waals surface area contributed by atoms with E-state index in [1.165, 1.54) is 11.1 Å². The van der Waals surface area contributed by atoms with Crippen molar-refractivity contribution in [2.75, 3.05) is 0 Å². The van der Waals surface area contributed by atoms with Crippen LogP contribution in [-0.4, -0.2) is 15.4 Å². The van der Waals surface area contributed by atoms with Gasteiger partial charge >= 0.3 is 0 Å². The zero-order valence-electron chi connectivity index (χ0n) is 12.6. The molecule has 112 valence electrons. The number of rotatable bonds is 6. The second-order valence-corrected chi connectivity index (χ2v) is 5.41. The van der Waals surface area contributed by atoms with Crippen LogP contribution in [0.15, 0.2) is 60.8 Å². The highest BCUT2D eigenvalue weighted by Gasteiger charge is 2.08. The zero-order valence-corrected chi connectivity index (χ0v) is 12.6. The van der Waals surface area contributed by atoms with Crippen LogP contribution < -0.4 is 4.74 Å². The Hall–Kier alpha value is -2.62. The third-order valence-electron chi connectivity index (χ3n) is 3.68. The summed E-state index contributed by atoms with van der Waals surface area (Å²) in [5.74, 6) is 1.29. The summed E-state index contributed by atoms with van der Waals surface area (Å²) >= 11 is 0. The summed E-state index contributed by atoms with van der Waals surface area (Å²) in [4.78, 5) is 0. The summed E-state index contributed by atoms with van der Waals surface area (Å²) in [5, 5.41) is 10.6. The molecule has 1 unspecified atom stereocenters. The maximum Gasteiger partial charge on any atom is 0.119 e. The maximum atomic E-state index is 5.81. The molecule has 2 aromatic carbocycles. The maximum absolute atomic E-state index is 5.81.